The van der Waals surface area contributed by atoms with Crippen molar-refractivity contribution < 1.29 is 28.7 Å². The summed E-state index contributed by atoms with van der Waals surface area (Å²) in [7, 11) is 0. The molecule has 1 saturated carbocycles. The summed E-state index contributed by atoms with van der Waals surface area (Å²) in [6.45, 7) is 22.6. The van der Waals surface area contributed by atoms with E-state index >= 15 is 0 Å². The molecule has 1 aromatic rings. The van der Waals surface area contributed by atoms with Crippen LogP contribution in [0.15, 0.2) is 24.3 Å². The topological polar surface area (TPSA) is 111 Å². The van der Waals surface area contributed by atoms with Crippen molar-refractivity contribution in [3.05, 3.63) is 29.8 Å². The average molecular weight is 573 g/mol. The van der Waals surface area contributed by atoms with Crippen molar-refractivity contribution in [2.75, 3.05) is 5.32 Å². The molecule has 8 heteroatoms. The molecule has 2 rings (SSSR count). The number of esters is 2. The zero-order valence-electron chi connectivity index (χ0n) is 27.2. The normalized spacial score (nSPS) is 21.4. The van der Waals surface area contributed by atoms with Crippen LogP contribution in [0.5, 0.6) is 0 Å². The molecule has 1 fully saturated rings. The predicted molar refractivity (Wildman–Crippen MR) is 161 cm³/mol. The minimum atomic E-state index is -1.15. The highest BCUT2D eigenvalue weighted by Gasteiger charge is 2.65. The lowest BCUT2D eigenvalue weighted by molar-refractivity contribution is -0.195. The third kappa shape index (κ3) is 9.04. The lowest BCUT2D eigenvalue weighted by Crippen LogP contribution is -2.65. The summed E-state index contributed by atoms with van der Waals surface area (Å²) in [5, 5.41) is 5.88. The Balaban J connectivity index is 2.50. The van der Waals surface area contributed by atoms with E-state index in [1.807, 2.05) is 45.0 Å². The van der Waals surface area contributed by atoms with E-state index in [0.717, 1.165) is 18.4 Å². The molecule has 2 amide bonds. The van der Waals surface area contributed by atoms with Crippen molar-refractivity contribution in [2.24, 2.45) is 23.7 Å². The van der Waals surface area contributed by atoms with Gasteiger partial charge in [0.1, 0.15) is 11.2 Å². The molecule has 0 aromatic heterocycles. The summed E-state index contributed by atoms with van der Waals surface area (Å²) < 4.78 is 11.3. The van der Waals surface area contributed by atoms with Crippen LogP contribution >= 0.6 is 0 Å². The molecule has 1 aromatic carbocycles. The highest BCUT2D eigenvalue weighted by atomic mass is 16.6. The van der Waals surface area contributed by atoms with E-state index in [4.69, 9.17) is 9.47 Å². The third-order valence-corrected chi connectivity index (χ3v) is 7.67. The molecule has 1 aliphatic rings. The first-order valence-electron chi connectivity index (χ1n) is 14.8. The third-order valence-electron chi connectivity index (χ3n) is 7.67. The highest BCUT2D eigenvalue weighted by Crippen LogP contribution is 2.49. The fourth-order valence-corrected chi connectivity index (χ4v) is 5.27. The lowest BCUT2D eigenvalue weighted by atomic mass is 9.55. The monoisotopic (exact) mass is 572 g/mol. The fraction of sp³-hybridized carbons (Fsp3) is 0.697. The number of rotatable bonds is 10. The Morgan fingerprint density at radius 1 is 0.683 bits per heavy atom. The van der Waals surface area contributed by atoms with E-state index in [-0.39, 0.29) is 5.41 Å². The number of carbonyl (C=O) groups is 4. The molecule has 0 spiro atoms. The Bertz CT molecular complexity index is 1070. The molecular formula is C33H52N2O6. The number of hydrogen-bond donors (Lipinski definition) is 2. The van der Waals surface area contributed by atoms with E-state index < -0.39 is 64.2 Å². The van der Waals surface area contributed by atoms with Crippen LogP contribution in [0.4, 0.5) is 5.69 Å². The molecule has 0 aliphatic heterocycles. The Kier molecular flexibility index (Phi) is 10.5. The van der Waals surface area contributed by atoms with E-state index in [9.17, 15) is 19.2 Å². The number of nitrogens with one attached hydrogen (secondary N) is 2. The quantitative estimate of drug-likeness (QED) is 0.325. The van der Waals surface area contributed by atoms with Crippen LogP contribution in [0.3, 0.4) is 0 Å². The molecule has 2 atom stereocenters. The van der Waals surface area contributed by atoms with E-state index in [2.05, 4.69) is 31.4 Å². The van der Waals surface area contributed by atoms with Crippen molar-refractivity contribution in [1.82, 2.24) is 5.32 Å². The number of anilines is 1. The largest absolute Gasteiger partial charge is 0.460 e. The van der Waals surface area contributed by atoms with Crippen LogP contribution in [-0.4, -0.2) is 40.5 Å². The van der Waals surface area contributed by atoms with Gasteiger partial charge in [0.2, 0.25) is 11.8 Å². The van der Waals surface area contributed by atoms with Crippen LogP contribution in [0.25, 0.3) is 0 Å². The predicted octanol–water partition coefficient (Wildman–Crippen LogP) is 6.17. The maximum Gasteiger partial charge on any atom is 0.311 e. The van der Waals surface area contributed by atoms with Crippen molar-refractivity contribution in [2.45, 2.75) is 125 Å². The Labute approximate surface area is 246 Å². The fourth-order valence-electron chi connectivity index (χ4n) is 5.27. The van der Waals surface area contributed by atoms with Gasteiger partial charge in [0.15, 0.2) is 0 Å². The molecule has 1 aliphatic carbocycles. The van der Waals surface area contributed by atoms with Crippen molar-refractivity contribution >= 4 is 29.4 Å². The van der Waals surface area contributed by atoms with Gasteiger partial charge in [-0.25, -0.2) is 0 Å². The maximum atomic E-state index is 13.8. The van der Waals surface area contributed by atoms with Crippen LogP contribution in [0, 0.1) is 23.7 Å². The number of benzene rings is 1. The van der Waals surface area contributed by atoms with Crippen LogP contribution in [-0.2, 0) is 34.1 Å². The second-order valence-corrected chi connectivity index (χ2v) is 14.6. The van der Waals surface area contributed by atoms with Gasteiger partial charge in [0.25, 0.3) is 0 Å². The molecule has 8 nitrogen and oxygen atoms in total. The lowest BCUT2D eigenvalue weighted by Gasteiger charge is -2.48. The van der Waals surface area contributed by atoms with Gasteiger partial charge >= 0.3 is 11.9 Å². The van der Waals surface area contributed by atoms with Crippen molar-refractivity contribution in [3.63, 3.8) is 0 Å². The first kappa shape index (κ1) is 34.3. The van der Waals surface area contributed by atoms with Crippen molar-refractivity contribution in [3.8, 4) is 0 Å². The number of amides is 2. The smallest absolute Gasteiger partial charge is 0.311 e. The number of carbonyl (C=O) groups excluding carboxylic acids is 4. The zero-order valence-corrected chi connectivity index (χ0v) is 27.2. The number of ether oxygens (including phenoxy) is 2. The molecule has 2 N–H and O–H groups in total. The number of hydrogen-bond acceptors (Lipinski definition) is 6. The van der Waals surface area contributed by atoms with E-state index in [1.165, 1.54) is 0 Å². The van der Waals surface area contributed by atoms with Gasteiger partial charge in [0, 0.05) is 11.2 Å². The van der Waals surface area contributed by atoms with Gasteiger partial charge in [-0.1, -0.05) is 46.2 Å². The van der Waals surface area contributed by atoms with E-state index in [1.54, 1.807) is 41.5 Å². The molecule has 0 radical (unpaired) electrons. The molecule has 0 saturated heterocycles. The minimum absolute atomic E-state index is 0.0216. The van der Waals surface area contributed by atoms with Crippen LogP contribution in [0.1, 0.15) is 108 Å². The first-order chi connectivity index (χ1) is 18.6. The summed E-state index contributed by atoms with van der Waals surface area (Å²) in [5.74, 6) is -6.93. The first-order valence-corrected chi connectivity index (χ1v) is 14.8. The van der Waals surface area contributed by atoms with Gasteiger partial charge in [-0.2, -0.15) is 0 Å². The van der Waals surface area contributed by atoms with Gasteiger partial charge in [0.05, 0.1) is 23.7 Å². The molecule has 2 unspecified atom stereocenters. The van der Waals surface area contributed by atoms with Gasteiger partial charge in [-0.3, -0.25) is 19.2 Å². The van der Waals surface area contributed by atoms with Gasteiger partial charge < -0.3 is 20.1 Å². The summed E-state index contributed by atoms with van der Waals surface area (Å²) >= 11 is 0. The SMILES string of the molecule is CCCC(C)(C)NC(=O)C1C(C(=O)OC(C)(C)C)C(C(=O)Nc2ccc(C(C)(C)CC)cc2)C1C(=O)OC(C)(C)C. The zero-order chi connectivity index (χ0) is 31.6. The Hall–Kier alpha value is -2.90. The Morgan fingerprint density at radius 2 is 1.12 bits per heavy atom. The van der Waals surface area contributed by atoms with Crippen LogP contribution < -0.4 is 10.6 Å². The summed E-state index contributed by atoms with van der Waals surface area (Å²) in [6, 6.07) is 7.54. The second-order valence-electron chi connectivity index (χ2n) is 14.6. The summed E-state index contributed by atoms with van der Waals surface area (Å²) in [6.07, 6.45) is 2.49. The van der Waals surface area contributed by atoms with Gasteiger partial charge in [-0.05, 0) is 91.3 Å². The van der Waals surface area contributed by atoms with E-state index in [0.29, 0.717) is 12.1 Å². The minimum Gasteiger partial charge on any atom is -0.460 e. The van der Waals surface area contributed by atoms with Gasteiger partial charge in [-0.15, -0.1) is 0 Å². The second kappa shape index (κ2) is 12.5. The molecule has 230 valence electrons. The Morgan fingerprint density at radius 3 is 1.51 bits per heavy atom. The highest BCUT2D eigenvalue weighted by molar-refractivity contribution is 6.04. The van der Waals surface area contributed by atoms with Crippen LogP contribution in [0.2, 0.25) is 0 Å². The molecule has 0 heterocycles. The standard InChI is InChI=1S/C33H52N2O6/c1-13-19-33(11,12)35-27(37)23-24(28(38)40-30(3,4)5)22(25(23)29(39)41-31(6,7)8)26(36)34-21-17-15-20(16-18-21)32(9,10)14-2/h15-18,22-25H,13-14,19H2,1-12H3,(H,34,36)(H,35,37). The average Bonchev–Trinajstić information content (AvgIpc) is 2.75. The summed E-state index contributed by atoms with van der Waals surface area (Å²) in [4.78, 5) is 54.5. The summed E-state index contributed by atoms with van der Waals surface area (Å²) in [5.41, 5.74) is -0.616. The maximum absolute atomic E-state index is 13.8. The van der Waals surface area contributed by atoms with Crippen molar-refractivity contribution in [1.29, 1.82) is 0 Å². The molecule has 0 bridgehead atoms. The molecular weight excluding hydrogens is 520 g/mol. The molecule has 41 heavy (non-hydrogen) atoms.